The lowest BCUT2D eigenvalue weighted by atomic mass is 9.92. The highest BCUT2D eigenvalue weighted by molar-refractivity contribution is 5.75. The summed E-state index contributed by atoms with van der Waals surface area (Å²) in [6.45, 7) is 2.95. The van der Waals surface area contributed by atoms with Gasteiger partial charge in [0, 0.05) is 31.0 Å². The molecule has 32 heavy (non-hydrogen) atoms. The summed E-state index contributed by atoms with van der Waals surface area (Å²) < 4.78 is 22.1. The van der Waals surface area contributed by atoms with E-state index < -0.39 is 0 Å². The van der Waals surface area contributed by atoms with Gasteiger partial charge in [0.15, 0.2) is 11.5 Å². The Balaban J connectivity index is 1.83. The van der Waals surface area contributed by atoms with Crippen molar-refractivity contribution < 1.29 is 23.4 Å². The minimum atomic E-state index is -0.0290. The summed E-state index contributed by atoms with van der Waals surface area (Å²) in [5, 5.41) is 0. The van der Waals surface area contributed by atoms with Gasteiger partial charge >= 0.3 is 0 Å². The van der Waals surface area contributed by atoms with E-state index in [0.29, 0.717) is 37.4 Å². The number of amides is 1. The smallest absolute Gasteiger partial charge is 0.222 e. The Bertz CT molecular complexity index is 999. The predicted molar refractivity (Wildman–Crippen MR) is 123 cm³/mol. The quantitative estimate of drug-likeness (QED) is 0.409. The largest absolute Gasteiger partial charge is 0.496 e. The monoisotopic (exact) mass is 437 g/mol. The number of para-hydroxylation sites is 1. The van der Waals surface area contributed by atoms with Crippen LogP contribution in [0.1, 0.15) is 42.6 Å². The van der Waals surface area contributed by atoms with Crippen LogP contribution in [0, 0.1) is 0 Å². The predicted octanol–water partition coefficient (Wildman–Crippen LogP) is 5.27. The highest BCUT2D eigenvalue weighted by Gasteiger charge is 2.23. The van der Waals surface area contributed by atoms with Crippen LogP contribution in [0.3, 0.4) is 0 Å². The zero-order valence-electron chi connectivity index (χ0n) is 19.2. The zero-order chi connectivity index (χ0) is 22.9. The van der Waals surface area contributed by atoms with Crippen LogP contribution in [0.25, 0.3) is 0 Å². The topological polar surface area (TPSA) is 61.1 Å². The zero-order valence-corrected chi connectivity index (χ0v) is 19.2. The minimum absolute atomic E-state index is 0.0290. The molecule has 0 saturated carbocycles. The molecule has 1 heterocycles. The molecule has 2 aromatic carbocycles. The molecule has 0 spiro atoms. The van der Waals surface area contributed by atoms with Gasteiger partial charge in [0.05, 0.1) is 27.6 Å². The normalized spacial score (nSPS) is 11.6. The van der Waals surface area contributed by atoms with E-state index in [0.717, 1.165) is 22.6 Å². The fourth-order valence-electron chi connectivity index (χ4n) is 3.89. The van der Waals surface area contributed by atoms with Crippen LogP contribution in [-0.4, -0.2) is 38.7 Å². The molecule has 1 unspecified atom stereocenters. The Kier molecular flexibility index (Phi) is 8.20. The SMILES string of the molecule is CCC(=O)N(CCC(c1ccco1)c1ccccc1OC)Cc1ccc(OC)c(OC)c1. The highest BCUT2D eigenvalue weighted by Crippen LogP contribution is 2.35. The summed E-state index contributed by atoms with van der Waals surface area (Å²) in [5.74, 6) is 3.04. The molecular formula is C26H31NO5. The summed E-state index contributed by atoms with van der Waals surface area (Å²) in [4.78, 5) is 14.7. The first-order valence-electron chi connectivity index (χ1n) is 10.8. The van der Waals surface area contributed by atoms with Crippen molar-refractivity contribution in [1.82, 2.24) is 4.90 Å². The van der Waals surface area contributed by atoms with Crippen molar-refractivity contribution >= 4 is 5.91 Å². The third-order valence-electron chi connectivity index (χ3n) is 5.57. The van der Waals surface area contributed by atoms with Gasteiger partial charge in [0.25, 0.3) is 0 Å². The number of nitrogens with zero attached hydrogens (tertiary/aromatic N) is 1. The van der Waals surface area contributed by atoms with Crippen LogP contribution in [0.15, 0.2) is 65.3 Å². The maximum atomic E-state index is 12.8. The summed E-state index contributed by atoms with van der Waals surface area (Å²) in [6.07, 6.45) is 2.82. The lowest BCUT2D eigenvalue weighted by molar-refractivity contribution is -0.131. The molecule has 3 aromatic rings. The Hall–Kier alpha value is -3.41. The summed E-state index contributed by atoms with van der Waals surface area (Å²) in [7, 11) is 4.89. The fourth-order valence-corrected chi connectivity index (χ4v) is 3.89. The van der Waals surface area contributed by atoms with Crippen molar-refractivity contribution in [3.8, 4) is 17.2 Å². The van der Waals surface area contributed by atoms with E-state index in [1.54, 1.807) is 27.6 Å². The van der Waals surface area contributed by atoms with Gasteiger partial charge < -0.3 is 23.5 Å². The van der Waals surface area contributed by atoms with Gasteiger partial charge in [-0.3, -0.25) is 4.79 Å². The maximum absolute atomic E-state index is 12.8. The molecule has 6 heteroatoms. The van der Waals surface area contributed by atoms with Gasteiger partial charge in [-0.05, 0) is 42.3 Å². The van der Waals surface area contributed by atoms with Gasteiger partial charge in [0.2, 0.25) is 5.91 Å². The average molecular weight is 438 g/mol. The third kappa shape index (κ3) is 5.44. The second-order valence-corrected chi connectivity index (χ2v) is 7.46. The van der Waals surface area contributed by atoms with Crippen molar-refractivity contribution in [3.05, 3.63) is 77.7 Å². The van der Waals surface area contributed by atoms with Crippen LogP contribution in [0.5, 0.6) is 17.2 Å². The van der Waals surface area contributed by atoms with Gasteiger partial charge in [-0.2, -0.15) is 0 Å². The number of ether oxygens (including phenoxy) is 3. The number of carbonyl (C=O) groups is 1. The molecule has 0 radical (unpaired) electrons. The van der Waals surface area contributed by atoms with Gasteiger partial charge in [-0.25, -0.2) is 0 Å². The molecule has 0 bridgehead atoms. The van der Waals surface area contributed by atoms with E-state index in [-0.39, 0.29) is 11.8 Å². The number of hydrogen-bond donors (Lipinski definition) is 0. The van der Waals surface area contributed by atoms with E-state index in [2.05, 4.69) is 0 Å². The van der Waals surface area contributed by atoms with Crippen LogP contribution in [0.2, 0.25) is 0 Å². The highest BCUT2D eigenvalue weighted by atomic mass is 16.5. The lowest BCUT2D eigenvalue weighted by Gasteiger charge is -2.26. The Morgan fingerprint density at radius 2 is 1.69 bits per heavy atom. The standard InChI is InChI=1S/C26H31NO5/c1-5-26(28)27(18-19-12-13-24(30-3)25(17-19)31-4)15-14-21(23-11-8-16-32-23)20-9-6-7-10-22(20)29-2/h6-13,16-17,21H,5,14-15,18H2,1-4H3. The molecular weight excluding hydrogens is 406 g/mol. The van der Waals surface area contributed by atoms with Crippen LogP contribution >= 0.6 is 0 Å². The molecule has 0 saturated heterocycles. The van der Waals surface area contributed by atoms with Crippen molar-refractivity contribution in [2.75, 3.05) is 27.9 Å². The van der Waals surface area contributed by atoms with Crippen molar-refractivity contribution in [3.63, 3.8) is 0 Å². The molecule has 0 fully saturated rings. The van der Waals surface area contributed by atoms with Crippen LogP contribution in [0.4, 0.5) is 0 Å². The molecule has 3 rings (SSSR count). The van der Waals surface area contributed by atoms with Crippen LogP contribution < -0.4 is 14.2 Å². The van der Waals surface area contributed by atoms with Gasteiger partial charge in [-0.1, -0.05) is 31.2 Å². The number of methoxy groups -OCH3 is 3. The second-order valence-electron chi connectivity index (χ2n) is 7.46. The number of furan rings is 1. The van der Waals surface area contributed by atoms with Crippen molar-refractivity contribution in [2.45, 2.75) is 32.2 Å². The fraction of sp³-hybridized carbons (Fsp3) is 0.346. The Labute approximate surface area is 189 Å². The van der Waals surface area contributed by atoms with Gasteiger partial charge in [0.1, 0.15) is 11.5 Å². The lowest BCUT2D eigenvalue weighted by Crippen LogP contribution is -2.31. The number of hydrogen-bond acceptors (Lipinski definition) is 5. The molecule has 0 N–H and O–H groups in total. The number of carbonyl (C=O) groups excluding carboxylic acids is 1. The molecule has 1 aromatic heterocycles. The molecule has 6 nitrogen and oxygen atoms in total. The van der Waals surface area contributed by atoms with Crippen LogP contribution in [-0.2, 0) is 11.3 Å². The summed E-state index contributed by atoms with van der Waals surface area (Å²) in [5.41, 5.74) is 2.02. The number of benzene rings is 2. The Morgan fingerprint density at radius 3 is 2.34 bits per heavy atom. The molecule has 0 aliphatic heterocycles. The van der Waals surface area contributed by atoms with E-state index in [9.17, 15) is 4.79 Å². The molecule has 1 atom stereocenters. The van der Waals surface area contributed by atoms with E-state index in [4.69, 9.17) is 18.6 Å². The molecule has 0 aliphatic rings. The van der Waals surface area contributed by atoms with E-state index in [1.807, 2.05) is 66.4 Å². The third-order valence-corrected chi connectivity index (χ3v) is 5.57. The Morgan fingerprint density at radius 1 is 0.938 bits per heavy atom. The minimum Gasteiger partial charge on any atom is -0.496 e. The first-order valence-corrected chi connectivity index (χ1v) is 10.8. The average Bonchev–Trinajstić information content (AvgIpc) is 3.37. The summed E-state index contributed by atoms with van der Waals surface area (Å²) >= 11 is 0. The van der Waals surface area contributed by atoms with Crippen molar-refractivity contribution in [1.29, 1.82) is 0 Å². The molecule has 170 valence electrons. The molecule has 1 amide bonds. The van der Waals surface area contributed by atoms with E-state index >= 15 is 0 Å². The summed E-state index contributed by atoms with van der Waals surface area (Å²) in [6, 6.07) is 17.5. The first kappa shape index (κ1) is 23.3. The maximum Gasteiger partial charge on any atom is 0.222 e. The van der Waals surface area contributed by atoms with Crippen molar-refractivity contribution in [2.24, 2.45) is 0 Å². The van der Waals surface area contributed by atoms with E-state index in [1.165, 1.54) is 0 Å². The second kappa shape index (κ2) is 11.3. The molecule has 0 aliphatic carbocycles. The number of rotatable bonds is 11. The van der Waals surface area contributed by atoms with Gasteiger partial charge in [-0.15, -0.1) is 0 Å². The first-order chi connectivity index (χ1) is 15.6.